The molecule has 124 valence electrons. The summed E-state index contributed by atoms with van der Waals surface area (Å²) >= 11 is 7.49. The molecule has 0 N–H and O–H groups in total. The minimum Gasteiger partial charge on any atom is -0.495 e. The fraction of sp³-hybridized carbons (Fsp3) is 0.238. The summed E-state index contributed by atoms with van der Waals surface area (Å²) < 4.78 is 7.68. The fourth-order valence-electron chi connectivity index (χ4n) is 3.05. The van der Waals surface area contributed by atoms with E-state index in [4.69, 9.17) is 4.74 Å². The second-order valence-corrected chi connectivity index (χ2v) is 7.41. The van der Waals surface area contributed by atoms with Crippen molar-refractivity contribution in [3.05, 3.63) is 62.5 Å². The lowest BCUT2D eigenvalue weighted by atomic mass is 9.95. The van der Waals surface area contributed by atoms with Gasteiger partial charge in [-0.2, -0.15) is 0 Å². The summed E-state index contributed by atoms with van der Waals surface area (Å²) in [5.41, 5.74) is 5.06. The third-order valence-corrected chi connectivity index (χ3v) is 6.55. The van der Waals surface area contributed by atoms with Crippen LogP contribution in [0, 0.1) is 0 Å². The molecule has 0 aliphatic rings. The Hall–Kier alpha value is -1.32. The largest absolute Gasteiger partial charge is 0.495 e. The highest BCUT2D eigenvalue weighted by molar-refractivity contribution is 9.13. The van der Waals surface area contributed by atoms with Crippen molar-refractivity contribution < 1.29 is 4.74 Å². The molecule has 0 radical (unpaired) electrons. The van der Waals surface area contributed by atoms with Crippen LogP contribution in [0.5, 0.6) is 5.75 Å². The molecule has 0 heterocycles. The van der Waals surface area contributed by atoms with Crippen LogP contribution in [0.3, 0.4) is 0 Å². The van der Waals surface area contributed by atoms with Gasteiger partial charge in [-0.25, -0.2) is 0 Å². The van der Waals surface area contributed by atoms with Crippen LogP contribution in [0.1, 0.15) is 25.0 Å². The van der Waals surface area contributed by atoms with Crippen molar-refractivity contribution in [1.29, 1.82) is 0 Å². The van der Waals surface area contributed by atoms with Crippen molar-refractivity contribution in [2.75, 3.05) is 7.11 Å². The number of aryl methyl sites for hydroxylation is 2. The quantitative estimate of drug-likeness (QED) is 0.412. The van der Waals surface area contributed by atoms with E-state index in [-0.39, 0.29) is 0 Å². The highest BCUT2D eigenvalue weighted by Gasteiger charge is 2.18. The zero-order chi connectivity index (χ0) is 17.3. The molecular weight excluding hydrogens is 428 g/mol. The number of hydrogen-bond donors (Lipinski definition) is 0. The Morgan fingerprint density at radius 3 is 2.00 bits per heavy atom. The van der Waals surface area contributed by atoms with Crippen molar-refractivity contribution in [2.24, 2.45) is 0 Å². The molecule has 1 nitrogen and oxygen atoms in total. The lowest BCUT2D eigenvalue weighted by Crippen LogP contribution is -1.93. The van der Waals surface area contributed by atoms with Crippen LogP contribution in [0.2, 0.25) is 0 Å². The Labute approximate surface area is 160 Å². The number of halogens is 2. The standard InChI is InChI=1S/C21H20Br2O/c1-4-13-6-9-15(10-7-13)18-16-11-8-14(5-2)12-17(16)21(24-3)20(23)19(18)22/h6-12H,4-5H2,1-3H3. The maximum Gasteiger partial charge on any atom is 0.142 e. The summed E-state index contributed by atoms with van der Waals surface area (Å²) in [5.74, 6) is 0.876. The molecule has 0 aromatic heterocycles. The number of benzene rings is 3. The Kier molecular flexibility index (Phi) is 5.31. The van der Waals surface area contributed by atoms with Crippen LogP contribution in [-0.4, -0.2) is 7.11 Å². The number of rotatable bonds is 4. The van der Waals surface area contributed by atoms with Gasteiger partial charge in [-0.1, -0.05) is 50.2 Å². The van der Waals surface area contributed by atoms with Gasteiger partial charge in [0, 0.05) is 15.4 Å². The minimum atomic E-state index is 0.876. The van der Waals surface area contributed by atoms with Gasteiger partial charge in [0.15, 0.2) is 0 Å². The van der Waals surface area contributed by atoms with Gasteiger partial charge in [-0.15, -0.1) is 0 Å². The van der Waals surface area contributed by atoms with E-state index in [1.54, 1.807) is 7.11 Å². The van der Waals surface area contributed by atoms with Crippen LogP contribution < -0.4 is 4.74 Å². The van der Waals surface area contributed by atoms with Crippen molar-refractivity contribution in [2.45, 2.75) is 26.7 Å². The van der Waals surface area contributed by atoms with E-state index in [2.05, 4.69) is 88.2 Å². The van der Waals surface area contributed by atoms with Crippen molar-refractivity contribution >= 4 is 42.6 Å². The third kappa shape index (κ3) is 3.00. The van der Waals surface area contributed by atoms with Gasteiger partial charge in [0.2, 0.25) is 0 Å². The molecule has 0 unspecified atom stereocenters. The third-order valence-electron chi connectivity index (χ3n) is 4.47. The van der Waals surface area contributed by atoms with Gasteiger partial charge in [0.1, 0.15) is 5.75 Å². The monoisotopic (exact) mass is 446 g/mol. The first-order valence-corrected chi connectivity index (χ1v) is 9.76. The van der Waals surface area contributed by atoms with Crippen LogP contribution in [0.4, 0.5) is 0 Å². The summed E-state index contributed by atoms with van der Waals surface area (Å²) in [4.78, 5) is 0. The zero-order valence-corrected chi connectivity index (χ0v) is 17.3. The number of methoxy groups -OCH3 is 1. The van der Waals surface area contributed by atoms with Gasteiger partial charge < -0.3 is 4.74 Å². The second-order valence-electron chi connectivity index (χ2n) is 5.82. The first-order chi connectivity index (χ1) is 11.6. The minimum absolute atomic E-state index is 0.876. The Morgan fingerprint density at radius 1 is 0.792 bits per heavy atom. The molecular formula is C21H20Br2O. The predicted molar refractivity (Wildman–Crippen MR) is 110 cm³/mol. The second kappa shape index (κ2) is 7.28. The van der Waals surface area contributed by atoms with Crippen molar-refractivity contribution in [3.63, 3.8) is 0 Å². The van der Waals surface area contributed by atoms with Gasteiger partial charge in [-0.05, 0) is 72.8 Å². The van der Waals surface area contributed by atoms with Crippen molar-refractivity contribution in [3.8, 4) is 16.9 Å². The molecule has 3 aromatic carbocycles. The Bertz CT molecular complexity index is 883. The molecule has 3 rings (SSSR count). The Balaban J connectivity index is 2.36. The van der Waals surface area contributed by atoms with Crippen LogP contribution in [-0.2, 0) is 12.8 Å². The summed E-state index contributed by atoms with van der Waals surface area (Å²) in [6.45, 7) is 4.35. The van der Waals surface area contributed by atoms with Crippen molar-refractivity contribution in [1.82, 2.24) is 0 Å². The maximum atomic E-state index is 5.69. The summed E-state index contributed by atoms with van der Waals surface area (Å²) in [6, 6.07) is 15.4. The van der Waals surface area contributed by atoms with Gasteiger partial charge in [-0.3, -0.25) is 0 Å². The van der Waals surface area contributed by atoms with E-state index >= 15 is 0 Å². The van der Waals surface area contributed by atoms with E-state index < -0.39 is 0 Å². The molecule has 0 aliphatic carbocycles. The lowest BCUT2D eigenvalue weighted by molar-refractivity contribution is 0.417. The predicted octanol–water partition coefficient (Wildman–Crippen LogP) is 7.17. The summed E-state index contributed by atoms with van der Waals surface area (Å²) in [5, 5.41) is 2.34. The molecule has 0 aliphatic heterocycles. The van der Waals surface area contributed by atoms with E-state index in [1.807, 2.05) is 0 Å². The first kappa shape index (κ1) is 17.5. The maximum absolute atomic E-state index is 5.69. The molecule has 0 amide bonds. The SMILES string of the molecule is CCc1ccc(-c2c(Br)c(Br)c(OC)c3cc(CC)ccc23)cc1. The van der Waals surface area contributed by atoms with E-state index in [9.17, 15) is 0 Å². The summed E-state index contributed by atoms with van der Waals surface area (Å²) in [7, 11) is 1.72. The highest BCUT2D eigenvalue weighted by atomic mass is 79.9. The molecule has 0 saturated heterocycles. The number of fused-ring (bicyclic) bond motifs is 1. The smallest absolute Gasteiger partial charge is 0.142 e. The van der Waals surface area contributed by atoms with Crippen LogP contribution in [0.15, 0.2) is 51.4 Å². The van der Waals surface area contributed by atoms with E-state index in [1.165, 1.54) is 27.6 Å². The van der Waals surface area contributed by atoms with E-state index in [0.29, 0.717) is 0 Å². The fourth-order valence-corrected chi connectivity index (χ4v) is 4.25. The molecule has 0 atom stereocenters. The Morgan fingerprint density at radius 2 is 1.42 bits per heavy atom. The molecule has 0 spiro atoms. The molecule has 24 heavy (non-hydrogen) atoms. The molecule has 3 aromatic rings. The van der Waals surface area contributed by atoms with E-state index in [0.717, 1.165) is 32.9 Å². The molecule has 0 bridgehead atoms. The van der Waals surface area contributed by atoms with Gasteiger partial charge >= 0.3 is 0 Å². The molecule has 0 saturated carbocycles. The van der Waals surface area contributed by atoms with Gasteiger partial charge in [0.05, 0.1) is 11.6 Å². The van der Waals surface area contributed by atoms with Crippen LogP contribution >= 0.6 is 31.9 Å². The lowest BCUT2D eigenvalue weighted by Gasteiger charge is -2.17. The molecule has 3 heteroatoms. The average molecular weight is 448 g/mol. The highest BCUT2D eigenvalue weighted by Crippen LogP contribution is 2.47. The van der Waals surface area contributed by atoms with Gasteiger partial charge in [0.25, 0.3) is 0 Å². The first-order valence-electron chi connectivity index (χ1n) is 8.17. The molecule has 0 fully saturated rings. The average Bonchev–Trinajstić information content (AvgIpc) is 2.63. The summed E-state index contributed by atoms with van der Waals surface area (Å²) in [6.07, 6.45) is 2.06. The number of hydrogen-bond acceptors (Lipinski definition) is 1. The zero-order valence-electron chi connectivity index (χ0n) is 14.1. The van der Waals surface area contributed by atoms with Crippen LogP contribution in [0.25, 0.3) is 21.9 Å². The normalized spacial score (nSPS) is 11.0. The topological polar surface area (TPSA) is 9.23 Å². The number of ether oxygens (including phenoxy) is 1.